The Morgan fingerprint density at radius 3 is 3.00 bits per heavy atom. The number of aromatic amines is 1. The molecule has 0 fully saturated rings. The summed E-state index contributed by atoms with van der Waals surface area (Å²) in [5.41, 5.74) is 4.08. The molecule has 0 radical (unpaired) electrons. The molecule has 26 heavy (non-hydrogen) atoms. The summed E-state index contributed by atoms with van der Waals surface area (Å²) in [6.07, 6.45) is 4.50. The van der Waals surface area contributed by atoms with Gasteiger partial charge >= 0.3 is 0 Å². The van der Waals surface area contributed by atoms with Crippen LogP contribution in [0.15, 0.2) is 48.8 Å². The Morgan fingerprint density at radius 2 is 2.15 bits per heavy atom. The molecule has 0 unspecified atom stereocenters. The molecule has 3 aromatic rings. The zero-order valence-electron chi connectivity index (χ0n) is 14.2. The Kier molecular flexibility index (Phi) is 3.48. The van der Waals surface area contributed by atoms with Crippen LogP contribution in [0, 0.1) is 0 Å². The number of ether oxygens (including phenoxy) is 1. The molecule has 4 heterocycles. The number of imidazole rings is 1. The van der Waals surface area contributed by atoms with E-state index in [9.17, 15) is 4.79 Å². The quantitative estimate of drug-likeness (QED) is 0.773. The van der Waals surface area contributed by atoms with E-state index in [1.807, 2.05) is 41.3 Å². The van der Waals surface area contributed by atoms with Crippen LogP contribution in [0.1, 0.15) is 17.0 Å². The number of carbonyl (C=O) groups excluding carboxylic acids is 1. The molecule has 6 heteroatoms. The van der Waals surface area contributed by atoms with Crippen LogP contribution < -0.4 is 4.74 Å². The van der Waals surface area contributed by atoms with Gasteiger partial charge in [0.25, 0.3) is 5.91 Å². The number of nitrogens with one attached hydrogen (secondary N) is 1. The third-order valence-electron chi connectivity index (χ3n) is 5.00. The molecular weight excluding hydrogens is 328 g/mol. The van der Waals surface area contributed by atoms with Crippen molar-refractivity contribution in [2.24, 2.45) is 0 Å². The van der Waals surface area contributed by atoms with E-state index in [-0.39, 0.29) is 5.91 Å². The number of fused-ring (bicyclic) bond motifs is 2. The number of hydrogen-bond donors (Lipinski definition) is 1. The van der Waals surface area contributed by atoms with Gasteiger partial charge in [-0.05, 0) is 23.8 Å². The van der Waals surface area contributed by atoms with Crippen molar-refractivity contribution in [3.05, 3.63) is 65.7 Å². The topological polar surface area (TPSA) is 71.1 Å². The highest BCUT2D eigenvalue weighted by Crippen LogP contribution is 2.30. The zero-order valence-corrected chi connectivity index (χ0v) is 14.2. The number of hydrogen-bond acceptors (Lipinski definition) is 4. The van der Waals surface area contributed by atoms with Gasteiger partial charge in [-0.3, -0.25) is 9.78 Å². The van der Waals surface area contributed by atoms with Crippen molar-refractivity contribution in [1.29, 1.82) is 0 Å². The Morgan fingerprint density at radius 1 is 1.23 bits per heavy atom. The highest BCUT2D eigenvalue weighted by molar-refractivity contribution is 5.83. The van der Waals surface area contributed by atoms with Crippen LogP contribution in [-0.2, 0) is 24.2 Å². The van der Waals surface area contributed by atoms with E-state index >= 15 is 0 Å². The van der Waals surface area contributed by atoms with Crippen LogP contribution in [0.5, 0.6) is 5.75 Å². The lowest BCUT2D eigenvalue weighted by molar-refractivity contribution is -0.138. The van der Waals surface area contributed by atoms with Crippen molar-refractivity contribution in [3.63, 3.8) is 0 Å². The van der Waals surface area contributed by atoms with Crippen LogP contribution >= 0.6 is 0 Å². The molecule has 0 spiro atoms. The first-order valence-corrected chi connectivity index (χ1v) is 8.79. The molecular formula is C20H18N4O2. The first kappa shape index (κ1) is 15.1. The molecule has 1 amide bonds. The normalized spacial score (nSPS) is 18.2. The highest BCUT2D eigenvalue weighted by atomic mass is 16.5. The summed E-state index contributed by atoms with van der Waals surface area (Å²) in [4.78, 5) is 27.0. The van der Waals surface area contributed by atoms with Crippen molar-refractivity contribution in [3.8, 4) is 17.1 Å². The number of rotatable bonds is 2. The van der Waals surface area contributed by atoms with E-state index < -0.39 is 6.10 Å². The van der Waals surface area contributed by atoms with Crippen LogP contribution in [0.4, 0.5) is 0 Å². The maximum Gasteiger partial charge on any atom is 0.264 e. The van der Waals surface area contributed by atoms with Crippen molar-refractivity contribution in [1.82, 2.24) is 19.9 Å². The standard InChI is InChI=1S/C20H18N4O2/c25-20(18-10-13-4-1-2-6-17(13)26-18)24-9-7-15-16(12-24)23-19(22-15)14-5-3-8-21-11-14/h1-6,8,11,18H,7,9-10,12H2,(H,22,23)/t18-/m0/s1. The van der Waals surface area contributed by atoms with Crippen LogP contribution in [-0.4, -0.2) is 38.4 Å². The fraction of sp³-hybridized carbons (Fsp3) is 0.250. The van der Waals surface area contributed by atoms with E-state index in [0.29, 0.717) is 19.5 Å². The van der Waals surface area contributed by atoms with Gasteiger partial charge in [-0.2, -0.15) is 0 Å². The zero-order chi connectivity index (χ0) is 17.5. The van der Waals surface area contributed by atoms with Crippen molar-refractivity contribution in [2.45, 2.75) is 25.5 Å². The second-order valence-electron chi connectivity index (χ2n) is 6.68. The predicted molar refractivity (Wildman–Crippen MR) is 95.5 cm³/mol. The molecule has 0 saturated carbocycles. The third kappa shape index (κ3) is 2.54. The fourth-order valence-electron chi connectivity index (χ4n) is 3.64. The summed E-state index contributed by atoms with van der Waals surface area (Å²) in [5.74, 6) is 1.68. The third-order valence-corrected chi connectivity index (χ3v) is 5.00. The van der Waals surface area contributed by atoms with Gasteiger partial charge in [0.1, 0.15) is 11.6 Å². The lowest BCUT2D eigenvalue weighted by atomic mass is 10.1. The number of benzene rings is 1. The number of H-pyrrole nitrogens is 1. The number of aromatic nitrogens is 3. The summed E-state index contributed by atoms with van der Waals surface area (Å²) in [7, 11) is 0. The van der Waals surface area contributed by atoms with Gasteiger partial charge in [0.15, 0.2) is 6.10 Å². The summed E-state index contributed by atoms with van der Waals surface area (Å²) < 4.78 is 5.86. The highest BCUT2D eigenvalue weighted by Gasteiger charge is 2.34. The molecule has 2 aliphatic heterocycles. The Balaban J connectivity index is 1.33. The number of amides is 1. The Labute approximate surface area is 150 Å². The van der Waals surface area contributed by atoms with Gasteiger partial charge < -0.3 is 14.6 Å². The molecule has 5 rings (SSSR count). The number of para-hydroxylation sites is 1. The minimum absolute atomic E-state index is 0.0457. The summed E-state index contributed by atoms with van der Waals surface area (Å²) >= 11 is 0. The minimum Gasteiger partial charge on any atom is -0.480 e. The maximum atomic E-state index is 12.9. The van der Waals surface area contributed by atoms with Crippen LogP contribution in [0.3, 0.4) is 0 Å². The predicted octanol–water partition coefficient (Wildman–Crippen LogP) is 2.36. The Bertz CT molecular complexity index is 942. The minimum atomic E-state index is -0.422. The van der Waals surface area contributed by atoms with Gasteiger partial charge in [-0.1, -0.05) is 18.2 Å². The second-order valence-corrected chi connectivity index (χ2v) is 6.68. The number of carbonyl (C=O) groups is 1. The number of nitrogens with zero attached hydrogens (tertiary/aromatic N) is 3. The summed E-state index contributed by atoms with van der Waals surface area (Å²) in [5, 5.41) is 0. The van der Waals surface area contributed by atoms with Gasteiger partial charge in [-0.15, -0.1) is 0 Å². The molecule has 2 aliphatic rings. The van der Waals surface area contributed by atoms with E-state index in [4.69, 9.17) is 4.74 Å². The molecule has 0 bridgehead atoms. The van der Waals surface area contributed by atoms with E-state index in [0.717, 1.165) is 40.5 Å². The van der Waals surface area contributed by atoms with Crippen LogP contribution in [0.2, 0.25) is 0 Å². The fourth-order valence-corrected chi connectivity index (χ4v) is 3.64. The average molecular weight is 346 g/mol. The van der Waals surface area contributed by atoms with E-state index in [1.165, 1.54) is 0 Å². The monoisotopic (exact) mass is 346 g/mol. The summed E-state index contributed by atoms with van der Waals surface area (Å²) in [6.45, 7) is 1.21. The SMILES string of the molecule is O=C([C@@H]1Cc2ccccc2O1)N1CCc2nc(-c3cccnc3)[nH]c2C1. The van der Waals surface area contributed by atoms with E-state index in [1.54, 1.807) is 12.4 Å². The lowest BCUT2D eigenvalue weighted by Gasteiger charge is -2.28. The molecule has 1 N–H and O–H groups in total. The molecule has 0 aliphatic carbocycles. The number of pyridine rings is 1. The molecule has 2 aromatic heterocycles. The second kappa shape index (κ2) is 5.98. The van der Waals surface area contributed by atoms with E-state index in [2.05, 4.69) is 15.0 Å². The van der Waals surface area contributed by atoms with Crippen molar-refractivity contribution >= 4 is 5.91 Å². The van der Waals surface area contributed by atoms with Gasteiger partial charge in [0.2, 0.25) is 0 Å². The largest absolute Gasteiger partial charge is 0.480 e. The molecule has 0 saturated heterocycles. The van der Waals surface area contributed by atoms with Crippen LogP contribution in [0.25, 0.3) is 11.4 Å². The van der Waals surface area contributed by atoms with Gasteiger partial charge in [0, 0.05) is 37.3 Å². The molecule has 1 aromatic carbocycles. The average Bonchev–Trinajstić information content (AvgIpc) is 3.31. The Hall–Kier alpha value is -3.15. The van der Waals surface area contributed by atoms with Crippen molar-refractivity contribution in [2.75, 3.05) is 6.54 Å². The summed E-state index contributed by atoms with van der Waals surface area (Å²) in [6, 6.07) is 11.7. The first-order chi connectivity index (χ1) is 12.8. The molecule has 6 nitrogen and oxygen atoms in total. The molecule has 130 valence electrons. The molecule has 1 atom stereocenters. The van der Waals surface area contributed by atoms with Gasteiger partial charge in [-0.25, -0.2) is 4.98 Å². The maximum absolute atomic E-state index is 12.9. The smallest absolute Gasteiger partial charge is 0.264 e. The lowest BCUT2D eigenvalue weighted by Crippen LogP contribution is -2.43. The van der Waals surface area contributed by atoms with Crippen molar-refractivity contribution < 1.29 is 9.53 Å². The van der Waals surface area contributed by atoms with Gasteiger partial charge in [0.05, 0.1) is 17.9 Å². The first-order valence-electron chi connectivity index (χ1n) is 8.79.